The van der Waals surface area contributed by atoms with Crippen LogP contribution in [0.15, 0.2) is 0 Å². The van der Waals surface area contributed by atoms with Crippen LogP contribution in [-0.4, -0.2) is 21.6 Å². The Hall–Kier alpha value is 0.400. The quantitative estimate of drug-likeness (QED) is 0.560. The van der Waals surface area contributed by atoms with Gasteiger partial charge in [0.1, 0.15) is 0 Å². The van der Waals surface area contributed by atoms with E-state index in [2.05, 4.69) is 0 Å². The first-order valence-electron chi connectivity index (χ1n) is 2.55. The molecule has 0 rings (SSSR count). The second kappa shape index (κ2) is 4.30. The normalized spacial score (nSPS) is 14.5. The maximum Gasteiger partial charge on any atom is 0.192 e. The maximum atomic E-state index is 10.4. The van der Waals surface area contributed by atoms with Gasteiger partial charge < -0.3 is 0 Å². The summed E-state index contributed by atoms with van der Waals surface area (Å²) in [4.78, 5) is 0. The van der Waals surface area contributed by atoms with Gasteiger partial charge in [0.25, 0.3) is 0 Å². The first kappa shape index (κ1) is 8.40. The summed E-state index contributed by atoms with van der Waals surface area (Å²) >= 11 is 0. The molecule has 0 saturated heterocycles. The molecule has 0 aliphatic carbocycles. The van der Waals surface area contributed by atoms with Crippen molar-refractivity contribution in [3.05, 3.63) is 0 Å². The second-order valence-corrected chi connectivity index (χ2v) is 3.04. The first-order chi connectivity index (χ1) is 3.72. The molecule has 0 amide bonds. The van der Waals surface area contributed by atoms with E-state index in [1.807, 2.05) is 13.8 Å². The van der Waals surface area contributed by atoms with Crippen LogP contribution in [0.4, 0.5) is 0 Å². The van der Waals surface area contributed by atoms with Crippen molar-refractivity contribution in [1.29, 1.82) is 0 Å². The second-order valence-electron chi connectivity index (χ2n) is 1.32. The minimum Gasteiger partial charge on any atom is -0.225 e. The van der Waals surface area contributed by atoms with Crippen LogP contribution >= 0.6 is 10.7 Å². The minimum absolute atomic E-state index is 0.743. The van der Waals surface area contributed by atoms with Gasteiger partial charge in [0, 0.05) is 23.8 Å². The molecule has 0 aromatic heterocycles. The molecular weight excluding hydrogens is 146 g/mol. The molecule has 0 aromatic carbocycles. The SMILES string of the molecule is CCN(CC)S(=O)Cl. The van der Waals surface area contributed by atoms with Gasteiger partial charge >= 0.3 is 0 Å². The molecule has 0 aliphatic heterocycles. The van der Waals surface area contributed by atoms with E-state index in [4.69, 9.17) is 10.7 Å². The summed E-state index contributed by atoms with van der Waals surface area (Å²) in [6, 6.07) is 0. The topological polar surface area (TPSA) is 20.3 Å². The molecule has 0 aromatic rings. The highest BCUT2D eigenvalue weighted by Gasteiger charge is 2.02. The third kappa shape index (κ3) is 2.64. The van der Waals surface area contributed by atoms with Crippen LogP contribution in [0, 0.1) is 0 Å². The van der Waals surface area contributed by atoms with Gasteiger partial charge in [-0.2, -0.15) is 0 Å². The third-order valence-electron chi connectivity index (χ3n) is 0.908. The number of nitrogens with zero attached hydrogens (tertiary/aromatic N) is 1. The molecule has 1 unspecified atom stereocenters. The van der Waals surface area contributed by atoms with Crippen molar-refractivity contribution in [2.75, 3.05) is 13.1 Å². The van der Waals surface area contributed by atoms with E-state index >= 15 is 0 Å². The summed E-state index contributed by atoms with van der Waals surface area (Å²) in [5.74, 6) is 0. The van der Waals surface area contributed by atoms with Gasteiger partial charge in [0.15, 0.2) is 10.2 Å². The van der Waals surface area contributed by atoms with Gasteiger partial charge in [0.05, 0.1) is 0 Å². The lowest BCUT2D eigenvalue weighted by molar-refractivity contribution is 0.498. The van der Waals surface area contributed by atoms with Crippen LogP contribution in [0.1, 0.15) is 13.8 Å². The molecule has 0 saturated carbocycles. The average molecular weight is 156 g/mol. The average Bonchev–Trinajstić information content (AvgIpc) is 1.69. The summed E-state index contributed by atoms with van der Waals surface area (Å²) in [6.07, 6.45) is 0. The van der Waals surface area contributed by atoms with Crippen LogP contribution in [0.2, 0.25) is 0 Å². The van der Waals surface area contributed by atoms with Crippen LogP contribution in [0.5, 0.6) is 0 Å². The molecule has 0 aliphatic rings. The van der Waals surface area contributed by atoms with E-state index in [0.29, 0.717) is 0 Å². The Labute approximate surface area is 56.9 Å². The highest BCUT2D eigenvalue weighted by Crippen LogP contribution is 1.97. The fourth-order valence-electron chi connectivity index (χ4n) is 0.427. The first-order valence-corrected chi connectivity index (χ1v) is 4.48. The van der Waals surface area contributed by atoms with Crippen molar-refractivity contribution >= 4 is 20.9 Å². The van der Waals surface area contributed by atoms with Crippen molar-refractivity contribution in [3.63, 3.8) is 0 Å². The number of halogens is 1. The van der Waals surface area contributed by atoms with Gasteiger partial charge in [-0.25, -0.2) is 8.51 Å². The Balaban J connectivity index is 3.52. The fraction of sp³-hybridized carbons (Fsp3) is 1.00. The molecule has 0 radical (unpaired) electrons. The summed E-state index contributed by atoms with van der Waals surface area (Å²) in [5, 5.41) is 0. The molecule has 0 spiro atoms. The Kier molecular flexibility index (Phi) is 4.51. The minimum atomic E-state index is -1.30. The van der Waals surface area contributed by atoms with Gasteiger partial charge in [-0.3, -0.25) is 0 Å². The van der Waals surface area contributed by atoms with Crippen LogP contribution in [0.25, 0.3) is 0 Å². The van der Waals surface area contributed by atoms with E-state index < -0.39 is 10.2 Å². The van der Waals surface area contributed by atoms with Crippen LogP contribution in [-0.2, 0) is 10.2 Å². The Morgan fingerprint density at radius 2 is 1.88 bits per heavy atom. The van der Waals surface area contributed by atoms with Gasteiger partial charge in [-0.15, -0.1) is 0 Å². The Bertz CT molecular complexity index is 84.1. The Morgan fingerprint density at radius 3 is 1.88 bits per heavy atom. The number of hydrogen-bond donors (Lipinski definition) is 0. The lowest BCUT2D eigenvalue weighted by Gasteiger charge is -2.10. The highest BCUT2D eigenvalue weighted by atomic mass is 35.7. The molecular formula is C4H10ClNOS. The summed E-state index contributed by atoms with van der Waals surface area (Å²) in [5.41, 5.74) is 0. The molecule has 0 bridgehead atoms. The van der Waals surface area contributed by atoms with Crippen LogP contribution < -0.4 is 0 Å². The Morgan fingerprint density at radius 1 is 1.50 bits per heavy atom. The smallest absolute Gasteiger partial charge is 0.192 e. The van der Waals surface area contributed by atoms with Crippen molar-refractivity contribution < 1.29 is 4.21 Å². The third-order valence-corrected chi connectivity index (χ3v) is 2.42. The number of rotatable bonds is 3. The molecule has 0 N–H and O–H groups in total. The monoisotopic (exact) mass is 155 g/mol. The largest absolute Gasteiger partial charge is 0.225 e. The fourth-order valence-corrected chi connectivity index (χ4v) is 1.42. The lowest BCUT2D eigenvalue weighted by Crippen LogP contribution is -2.21. The van der Waals surface area contributed by atoms with Crippen molar-refractivity contribution in [2.45, 2.75) is 13.8 Å². The lowest BCUT2D eigenvalue weighted by atomic mass is 10.7. The van der Waals surface area contributed by atoms with E-state index in [-0.39, 0.29) is 0 Å². The van der Waals surface area contributed by atoms with Crippen LogP contribution in [0.3, 0.4) is 0 Å². The van der Waals surface area contributed by atoms with Gasteiger partial charge in [-0.05, 0) is 0 Å². The standard InChI is InChI=1S/C4H10ClNOS/c1-3-6(4-2)8(5)7/h3-4H2,1-2H3. The molecule has 8 heavy (non-hydrogen) atoms. The molecule has 0 heterocycles. The zero-order valence-corrected chi connectivity index (χ0v) is 6.63. The predicted octanol–water partition coefficient (Wildman–Crippen LogP) is 1.15. The maximum absolute atomic E-state index is 10.4. The van der Waals surface area contributed by atoms with Crippen molar-refractivity contribution in [3.8, 4) is 0 Å². The highest BCUT2D eigenvalue weighted by molar-refractivity contribution is 8.06. The molecule has 2 nitrogen and oxygen atoms in total. The van der Waals surface area contributed by atoms with E-state index in [1.165, 1.54) is 0 Å². The zero-order chi connectivity index (χ0) is 6.57. The zero-order valence-electron chi connectivity index (χ0n) is 5.06. The number of hydrogen-bond acceptors (Lipinski definition) is 1. The van der Waals surface area contributed by atoms with Gasteiger partial charge in [0.2, 0.25) is 0 Å². The van der Waals surface area contributed by atoms with E-state index in [1.54, 1.807) is 4.31 Å². The van der Waals surface area contributed by atoms with Gasteiger partial charge in [-0.1, -0.05) is 13.8 Å². The predicted molar refractivity (Wildman–Crippen MR) is 36.9 cm³/mol. The van der Waals surface area contributed by atoms with E-state index in [0.717, 1.165) is 13.1 Å². The molecule has 4 heteroatoms. The summed E-state index contributed by atoms with van der Waals surface area (Å²) < 4.78 is 12.1. The molecule has 50 valence electrons. The molecule has 0 fully saturated rings. The van der Waals surface area contributed by atoms with E-state index in [9.17, 15) is 4.21 Å². The summed E-state index contributed by atoms with van der Waals surface area (Å²) in [7, 11) is 3.94. The van der Waals surface area contributed by atoms with Crippen molar-refractivity contribution in [2.24, 2.45) is 0 Å². The van der Waals surface area contributed by atoms with Crippen molar-refractivity contribution in [1.82, 2.24) is 4.31 Å². The molecule has 1 atom stereocenters. The summed E-state index contributed by atoms with van der Waals surface area (Å²) in [6.45, 7) is 5.33.